The van der Waals surface area contributed by atoms with Gasteiger partial charge in [-0.15, -0.1) is 32.9 Å². The fourth-order valence-corrected chi connectivity index (χ4v) is 11.9. The average molecular weight is 1020 g/mol. The largest absolute Gasteiger partial charge is 0.469 e. The summed E-state index contributed by atoms with van der Waals surface area (Å²) in [5.41, 5.74) is 10.1. The lowest BCUT2D eigenvalue weighted by Crippen LogP contribution is -2.60. The number of benzene rings is 3. The summed E-state index contributed by atoms with van der Waals surface area (Å²) in [6.07, 6.45) is 0.0201. The maximum absolute atomic E-state index is 14.3. The van der Waals surface area contributed by atoms with Crippen molar-refractivity contribution < 1.29 is 33.8 Å². The third kappa shape index (κ3) is 10.4. The van der Waals surface area contributed by atoms with Crippen molar-refractivity contribution in [1.82, 2.24) is 40.6 Å². The number of hydrogen-bond donors (Lipinski definition) is 4. The Labute approximate surface area is 432 Å². The SMILES string of the molecule is COC(=O)C[C@@H]1N=C(c2ccc(-c3ccc(C(=O)N[C@H]4C[C@H](C(=O)NC(C(=O)N5C[C@H](O)C[C@H]5C(=O)N[C@@H](C)c5ccc(-c6scnc6C)cc5)C(C)(C)C)C4)cc3)cc2)c2c(sc(C)c2C)-n2c(C)nnc21. The van der Waals surface area contributed by atoms with Gasteiger partial charge in [-0.3, -0.25) is 33.5 Å². The highest BCUT2D eigenvalue weighted by Crippen LogP contribution is 2.40. The molecule has 3 aromatic carbocycles. The molecule has 5 atom stereocenters. The van der Waals surface area contributed by atoms with Crippen molar-refractivity contribution in [2.24, 2.45) is 16.3 Å². The van der Waals surface area contributed by atoms with E-state index in [-0.39, 0.29) is 49.2 Å². The van der Waals surface area contributed by atoms with Gasteiger partial charge in [-0.05, 0) is 92.8 Å². The summed E-state index contributed by atoms with van der Waals surface area (Å²) >= 11 is 3.22. The van der Waals surface area contributed by atoms with Crippen LogP contribution in [0, 0.1) is 39.0 Å². The zero-order chi connectivity index (χ0) is 52.0. The van der Waals surface area contributed by atoms with Crippen LogP contribution in [-0.4, -0.2) is 103 Å². The highest BCUT2D eigenvalue weighted by atomic mass is 32.1. The van der Waals surface area contributed by atoms with Crippen molar-refractivity contribution in [2.45, 2.75) is 117 Å². The van der Waals surface area contributed by atoms with Gasteiger partial charge in [-0.1, -0.05) is 81.4 Å². The number of thiazole rings is 1. The molecule has 0 radical (unpaired) electrons. The zero-order valence-corrected chi connectivity index (χ0v) is 44.1. The highest BCUT2D eigenvalue weighted by Gasteiger charge is 2.46. The molecule has 6 aromatic rings. The fraction of sp³-hybridized carbons (Fsp3) is 0.400. The molecule has 1 aliphatic carbocycles. The number of amides is 4. The number of aliphatic hydroxyl groups excluding tert-OH is 1. The molecule has 3 aromatic heterocycles. The number of carbonyl (C=O) groups excluding carboxylic acids is 5. The number of aliphatic hydroxyl groups is 1. The van der Waals surface area contributed by atoms with Crippen LogP contribution in [0.4, 0.5) is 0 Å². The lowest BCUT2D eigenvalue weighted by Gasteiger charge is -2.39. The molecule has 5 heterocycles. The third-order valence-electron chi connectivity index (χ3n) is 14.4. The van der Waals surface area contributed by atoms with E-state index >= 15 is 0 Å². The van der Waals surface area contributed by atoms with E-state index in [1.54, 1.807) is 34.8 Å². The molecule has 9 rings (SSSR count). The second kappa shape index (κ2) is 20.6. The van der Waals surface area contributed by atoms with Gasteiger partial charge in [0, 0.05) is 46.5 Å². The first-order chi connectivity index (χ1) is 34.8. The van der Waals surface area contributed by atoms with Crippen LogP contribution in [0.1, 0.15) is 120 Å². The molecule has 3 aliphatic rings. The van der Waals surface area contributed by atoms with Gasteiger partial charge in [0.25, 0.3) is 5.91 Å². The smallest absolute Gasteiger partial charge is 0.308 e. The van der Waals surface area contributed by atoms with E-state index in [0.29, 0.717) is 30.1 Å². The van der Waals surface area contributed by atoms with Crippen molar-refractivity contribution in [3.63, 3.8) is 0 Å². The van der Waals surface area contributed by atoms with Gasteiger partial charge in [0.05, 0.1) is 47.5 Å². The summed E-state index contributed by atoms with van der Waals surface area (Å²) in [4.78, 5) is 80.9. The van der Waals surface area contributed by atoms with Gasteiger partial charge in [0.2, 0.25) is 17.7 Å². The quantitative estimate of drug-likeness (QED) is 0.0829. The number of methoxy groups -OCH3 is 1. The molecule has 1 saturated carbocycles. The number of carbonyl (C=O) groups is 5. The highest BCUT2D eigenvalue weighted by molar-refractivity contribution is 7.15. The number of aromatic nitrogens is 4. The first kappa shape index (κ1) is 51.0. The molecule has 73 heavy (non-hydrogen) atoms. The Balaban J connectivity index is 0.799. The Bertz CT molecular complexity index is 3110. The molecule has 16 nitrogen and oxygen atoms in total. The predicted molar refractivity (Wildman–Crippen MR) is 281 cm³/mol. The van der Waals surface area contributed by atoms with Crippen LogP contribution in [0.15, 0.2) is 83.3 Å². The van der Waals surface area contributed by atoms with E-state index in [1.165, 1.54) is 12.0 Å². The third-order valence-corrected chi connectivity index (χ3v) is 16.5. The van der Waals surface area contributed by atoms with Crippen molar-refractivity contribution in [3.05, 3.63) is 128 Å². The minimum absolute atomic E-state index is 0.0169. The van der Waals surface area contributed by atoms with Gasteiger partial charge in [0.15, 0.2) is 5.82 Å². The van der Waals surface area contributed by atoms with Crippen molar-refractivity contribution in [2.75, 3.05) is 13.7 Å². The first-order valence-electron chi connectivity index (χ1n) is 24.6. The molecule has 0 spiro atoms. The summed E-state index contributed by atoms with van der Waals surface area (Å²) in [6.45, 7) is 15.5. The molecular weight excluding hydrogens is 963 g/mol. The monoisotopic (exact) mass is 1020 g/mol. The summed E-state index contributed by atoms with van der Waals surface area (Å²) in [7, 11) is 1.36. The summed E-state index contributed by atoms with van der Waals surface area (Å²) in [6, 6.07) is 20.3. The average Bonchev–Trinajstić information content (AvgIpc) is 4.13. The van der Waals surface area contributed by atoms with Crippen molar-refractivity contribution >= 4 is 58.0 Å². The van der Waals surface area contributed by atoms with Gasteiger partial charge >= 0.3 is 5.97 Å². The number of β-amino-alcohol motifs (C(OH)–C–C–N with tert-alkyl or cyclic N) is 1. The number of hydrogen-bond acceptors (Lipinski definition) is 13. The Morgan fingerprint density at radius 1 is 0.836 bits per heavy atom. The number of thiophene rings is 1. The van der Waals surface area contributed by atoms with E-state index in [4.69, 9.17) is 9.73 Å². The number of aryl methyl sites for hydroxylation is 3. The molecule has 1 unspecified atom stereocenters. The van der Waals surface area contributed by atoms with Crippen LogP contribution in [0.2, 0.25) is 0 Å². The summed E-state index contributed by atoms with van der Waals surface area (Å²) in [5.74, 6) is -0.865. The van der Waals surface area contributed by atoms with Crippen molar-refractivity contribution in [3.8, 4) is 26.6 Å². The molecular formula is C55H61N9O7S2. The molecule has 2 aliphatic heterocycles. The Morgan fingerprint density at radius 3 is 2.11 bits per heavy atom. The number of aliphatic imine (C=N–C) groups is 1. The number of ether oxygens (including phenoxy) is 1. The molecule has 18 heteroatoms. The maximum Gasteiger partial charge on any atom is 0.308 e. The van der Waals surface area contributed by atoms with Crippen LogP contribution in [0.5, 0.6) is 0 Å². The van der Waals surface area contributed by atoms with E-state index in [0.717, 1.165) is 65.1 Å². The second-order valence-electron chi connectivity index (χ2n) is 20.5. The van der Waals surface area contributed by atoms with Gasteiger partial charge in [-0.2, -0.15) is 0 Å². The Kier molecular flexibility index (Phi) is 14.4. The molecule has 1 saturated heterocycles. The minimum Gasteiger partial charge on any atom is -0.469 e. The molecule has 0 bridgehead atoms. The lowest BCUT2D eigenvalue weighted by atomic mass is 9.78. The maximum atomic E-state index is 14.3. The number of fused-ring (bicyclic) bond motifs is 3. The number of rotatable bonds is 13. The van der Waals surface area contributed by atoms with Crippen LogP contribution in [-0.2, 0) is 23.9 Å². The van der Waals surface area contributed by atoms with E-state index < -0.39 is 47.4 Å². The van der Waals surface area contributed by atoms with Gasteiger partial charge in [0.1, 0.15) is 29.0 Å². The van der Waals surface area contributed by atoms with E-state index in [9.17, 15) is 29.1 Å². The number of nitrogens with zero attached hydrogens (tertiary/aromatic N) is 6. The zero-order valence-electron chi connectivity index (χ0n) is 42.5. The Morgan fingerprint density at radius 2 is 1.48 bits per heavy atom. The Hall–Kier alpha value is -6.89. The topological polar surface area (TPSA) is 210 Å². The normalized spacial score (nSPS) is 20.1. The van der Waals surface area contributed by atoms with Crippen LogP contribution in [0.3, 0.4) is 0 Å². The fourth-order valence-electron chi connectivity index (χ4n) is 9.89. The number of likely N-dealkylation sites (tertiary alicyclic amines) is 1. The summed E-state index contributed by atoms with van der Waals surface area (Å²) in [5, 5.41) is 29.6. The first-order valence-corrected chi connectivity index (χ1v) is 26.3. The standard InChI is InChI=1S/C55H61N9O7S2/c1-28-31(4)73-54-45(28)46(59-42(25-44(66)71-9)49-62-61-32(5)64(49)54)36-16-12-34(13-17-36)35-14-20-38(21-15-35)50(67)58-40-22-39(23-40)51(68)60-48(55(6,7)8)53(70)63-26-41(65)24-43(63)52(69)57-29(2)33-10-18-37(19-11-33)47-30(3)56-27-72-47/h10-21,27,29,39-43,48,65H,22-26H2,1-9H3,(H,57,69)(H,58,67)(H,60,68)/t29-,39-,40-,41+,42-,43-,48?/m0/s1. The molecule has 380 valence electrons. The summed E-state index contributed by atoms with van der Waals surface area (Å²) < 4.78 is 7.03. The van der Waals surface area contributed by atoms with Crippen LogP contribution in [0.25, 0.3) is 26.6 Å². The van der Waals surface area contributed by atoms with E-state index in [2.05, 4.69) is 45.0 Å². The van der Waals surface area contributed by atoms with Crippen LogP contribution < -0.4 is 16.0 Å². The van der Waals surface area contributed by atoms with E-state index in [1.807, 2.05) is 112 Å². The van der Waals surface area contributed by atoms with Gasteiger partial charge in [-0.25, -0.2) is 4.98 Å². The predicted octanol–water partition coefficient (Wildman–Crippen LogP) is 7.69. The second-order valence-corrected chi connectivity index (χ2v) is 22.6. The molecule has 2 fully saturated rings. The number of nitrogens with one attached hydrogen (secondary N) is 3. The molecule has 4 amide bonds. The number of esters is 1. The minimum atomic E-state index is -0.963. The van der Waals surface area contributed by atoms with Crippen molar-refractivity contribution in [1.29, 1.82) is 0 Å². The molecule has 4 N–H and O–H groups in total. The van der Waals surface area contributed by atoms with Gasteiger partial charge < -0.3 is 30.7 Å². The van der Waals surface area contributed by atoms with Crippen LogP contribution >= 0.6 is 22.7 Å². The lowest BCUT2D eigenvalue weighted by molar-refractivity contribution is -0.145.